The second-order valence-electron chi connectivity index (χ2n) is 6.59. The third-order valence-corrected chi connectivity index (χ3v) is 4.74. The molecule has 6 heteroatoms. The Morgan fingerprint density at radius 2 is 1.45 bits per heavy atom. The van der Waals surface area contributed by atoms with Crippen molar-refractivity contribution in [1.29, 1.82) is 0 Å². The molecule has 29 heavy (non-hydrogen) atoms. The summed E-state index contributed by atoms with van der Waals surface area (Å²) >= 11 is 0. The number of nitrogens with zero attached hydrogens (tertiary/aromatic N) is 3. The van der Waals surface area contributed by atoms with Crippen molar-refractivity contribution in [3.8, 4) is 34.0 Å². The molecule has 0 aliphatic heterocycles. The first kappa shape index (κ1) is 18.6. The number of ether oxygens (including phenoxy) is 2. The topological polar surface area (TPSA) is 61.2 Å². The summed E-state index contributed by atoms with van der Waals surface area (Å²) in [5.41, 5.74) is 5.08. The summed E-state index contributed by atoms with van der Waals surface area (Å²) in [5, 5.41) is 11.5. The molecule has 4 rings (SSSR count). The largest absolute Gasteiger partial charge is 0.493 e. The summed E-state index contributed by atoms with van der Waals surface area (Å²) in [6.45, 7) is 0. The molecule has 4 aromatic rings. The Balaban J connectivity index is 1.53. The van der Waals surface area contributed by atoms with Gasteiger partial charge in [-0.25, -0.2) is 0 Å². The molecule has 1 aromatic heterocycles. The maximum absolute atomic E-state index is 5.55. The molecular formula is C23H22N4O2. The molecule has 0 unspecified atom stereocenters. The van der Waals surface area contributed by atoms with Crippen LogP contribution in [0, 0.1) is 0 Å². The number of benzene rings is 3. The lowest BCUT2D eigenvalue weighted by Crippen LogP contribution is -1.94. The SMILES string of the molecule is COc1cccc(-c2ccc(Nc3ccc(-c4nncn4C)cc3)cc2)c1OC. The molecule has 3 aromatic carbocycles. The second kappa shape index (κ2) is 8.06. The van der Waals surface area contributed by atoms with Crippen LogP contribution in [0.25, 0.3) is 22.5 Å². The Labute approximate surface area is 169 Å². The van der Waals surface area contributed by atoms with E-state index >= 15 is 0 Å². The van der Waals surface area contributed by atoms with Crippen LogP contribution < -0.4 is 14.8 Å². The number of nitrogens with one attached hydrogen (secondary N) is 1. The van der Waals surface area contributed by atoms with E-state index in [9.17, 15) is 0 Å². The molecule has 0 amide bonds. The Kier molecular flexibility index (Phi) is 5.16. The van der Waals surface area contributed by atoms with Gasteiger partial charge in [0.05, 0.1) is 14.2 Å². The monoisotopic (exact) mass is 386 g/mol. The second-order valence-corrected chi connectivity index (χ2v) is 6.59. The number of hydrogen-bond donors (Lipinski definition) is 1. The third kappa shape index (κ3) is 3.78. The minimum Gasteiger partial charge on any atom is -0.493 e. The Morgan fingerprint density at radius 1 is 0.793 bits per heavy atom. The number of aryl methyl sites for hydroxylation is 1. The fourth-order valence-corrected chi connectivity index (χ4v) is 3.26. The smallest absolute Gasteiger partial charge is 0.168 e. The van der Waals surface area contributed by atoms with Gasteiger partial charge in [-0.15, -0.1) is 10.2 Å². The summed E-state index contributed by atoms with van der Waals surface area (Å²) in [7, 11) is 5.23. The van der Waals surface area contributed by atoms with Crippen LogP contribution in [0.2, 0.25) is 0 Å². The van der Waals surface area contributed by atoms with Crippen molar-refractivity contribution < 1.29 is 9.47 Å². The first-order chi connectivity index (χ1) is 14.2. The lowest BCUT2D eigenvalue weighted by Gasteiger charge is -2.13. The lowest BCUT2D eigenvalue weighted by molar-refractivity contribution is 0.356. The third-order valence-electron chi connectivity index (χ3n) is 4.74. The van der Waals surface area contributed by atoms with E-state index in [4.69, 9.17) is 9.47 Å². The molecule has 0 radical (unpaired) electrons. The van der Waals surface area contributed by atoms with E-state index in [0.717, 1.165) is 45.4 Å². The number of anilines is 2. The number of aromatic nitrogens is 3. The molecule has 0 aliphatic carbocycles. The van der Waals surface area contributed by atoms with Crippen molar-refractivity contribution in [3.63, 3.8) is 0 Å². The normalized spacial score (nSPS) is 10.6. The van der Waals surface area contributed by atoms with Crippen molar-refractivity contribution in [2.24, 2.45) is 7.05 Å². The highest BCUT2D eigenvalue weighted by molar-refractivity contribution is 5.76. The van der Waals surface area contributed by atoms with Crippen LogP contribution in [0.4, 0.5) is 11.4 Å². The van der Waals surface area contributed by atoms with E-state index in [-0.39, 0.29) is 0 Å². The molecule has 1 N–H and O–H groups in total. The van der Waals surface area contributed by atoms with Crippen LogP contribution in [0.15, 0.2) is 73.1 Å². The first-order valence-electron chi connectivity index (χ1n) is 9.22. The summed E-state index contributed by atoms with van der Waals surface area (Å²) < 4.78 is 12.8. The van der Waals surface area contributed by atoms with E-state index in [1.807, 2.05) is 66.2 Å². The molecule has 0 saturated heterocycles. The quantitative estimate of drug-likeness (QED) is 0.510. The van der Waals surface area contributed by atoms with Crippen LogP contribution in [0.3, 0.4) is 0 Å². The van der Waals surface area contributed by atoms with Crippen LogP contribution in [0.5, 0.6) is 11.5 Å². The van der Waals surface area contributed by atoms with Gasteiger partial charge in [0.25, 0.3) is 0 Å². The molecule has 146 valence electrons. The highest BCUT2D eigenvalue weighted by Gasteiger charge is 2.11. The molecule has 0 spiro atoms. The highest BCUT2D eigenvalue weighted by atomic mass is 16.5. The van der Waals surface area contributed by atoms with Gasteiger partial charge in [0.1, 0.15) is 6.33 Å². The average Bonchev–Trinajstić information content (AvgIpc) is 3.20. The lowest BCUT2D eigenvalue weighted by atomic mass is 10.0. The number of hydrogen-bond acceptors (Lipinski definition) is 5. The van der Waals surface area contributed by atoms with Gasteiger partial charge in [-0.1, -0.05) is 24.3 Å². The minimum atomic E-state index is 0.718. The zero-order valence-corrected chi connectivity index (χ0v) is 16.6. The minimum absolute atomic E-state index is 0.718. The van der Waals surface area contributed by atoms with Gasteiger partial charge < -0.3 is 19.4 Å². The highest BCUT2D eigenvalue weighted by Crippen LogP contribution is 2.38. The maximum atomic E-state index is 5.55. The van der Waals surface area contributed by atoms with Gasteiger partial charge in [0.2, 0.25) is 0 Å². The molecule has 1 heterocycles. The summed E-state index contributed by atoms with van der Waals surface area (Å²) in [6.07, 6.45) is 1.69. The van der Waals surface area contributed by atoms with Crippen molar-refractivity contribution >= 4 is 11.4 Å². The average molecular weight is 386 g/mol. The van der Waals surface area contributed by atoms with Crippen LogP contribution >= 0.6 is 0 Å². The molecule has 0 aliphatic rings. The zero-order valence-electron chi connectivity index (χ0n) is 16.6. The molecule has 6 nitrogen and oxygen atoms in total. The Hall–Kier alpha value is -3.80. The predicted molar refractivity (Wildman–Crippen MR) is 115 cm³/mol. The van der Waals surface area contributed by atoms with E-state index in [0.29, 0.717) is 0 Å². The van der Waals surface area contributed by atoms with Gasteiger partial charge in [-0.05, 0) is 48.0 Å². The fourth-order valence-electron chi connectivity index (χ4n) is 3.26. The summed E-state index contributed by atoms with van der Waals surface area (Å²) in [5.74, 6) is 2.29. The van der Waals surface area contributed by atoms with E-state index in [2.05, 4.69) is 27.6 Å². The molecular weight excluding hydrogens is 364 g/mol. The van der Waals surface area contributed by atoms with Gasteiger partial charge in [-0.3, -0.25) is 0 Å². The van der Waals surface area contributed by atoms with Crippen LogP contribution in [0.1, 0.15) is 0 Å². The fraction of sp³-hybridized carbons (Fsp3) is 0.130. The predicted octanol–water partition coefficient (Wildman–Crippen LogP) is 4.91. The molecule has 0 fully saturated rings. The number of rotatable bonds is 6. The molecule has 0 bridgehead atoms. The van der Waals surface area contributed by atoms with Crippen LogP contribution in [-0.2, 0) is 7.05 Å². The summed E-state index contributed by atoms with van der Waals surface area (Å²) in [4.78, 5) is 0. The van der Waals surface area contributed by atoms with Gasteiger partial charge in [0.15, 0.2) is 17.3 Å². The van der Waals surface area contributed by atoms with Gasteiger partial charge in [-0.2, -0.15) is 0 Å². The van der Waals surface area contributed by atoms with Crippen molar-refractivity contribution in [1.82, 2.24) is 14.8 Å². The van der Waals surface area contributed by atoms with Gasteiger partial charge in [0, 0.05) is 29.5 Å². The number of para-hydroxylation sites is 1. The molecule has 0 atom stereocenters. The van der Waals surface area contributed by atoms with Crippen molar-refractivity contribution in [2.45, 2.75) is 0 Å². The van der Waals surface area contributed by atoms with Crippen molar-refractivity contribution in [3.05, 3.63) is 73.1 Å². The van der Waals surface area contributed by atoms with Crippen LogP contribution in [-0.4, -0.2) is 29.0 Å². The molecule has 0 saturated carbocycles. The van der Waals surface area contributed by atoms with E-state index in [1.54, 1.807) is 20.5 Å². The Morgan fingerprint density at radius 3 is 2.00 bits per heavy atom. The van der Waals surface area contributed by atoms with E-state index < -0.39 is 0 Å². The van der Waals surface area contributed by atoms with E-state index in [1.165, 1.54) is 0 Å². The Bertz CT molecular complexity index is 1100. The first-order valence-corrected chi connectivity index (χ1v) is 9.22. The zero-order chi connectivity index (χ0) is 20.2. The maximum Gasteiger partial charge on any atom is 0.168 e. The number of methoxy groups -OCH3 is 2. The van der Waals surface area contributed by atoms with Crippen molar-refractivity contribution in [2.75, 3.05) is 19.5 Å². The van der Waals surface area contributed by atoms with Gasteiger partial charge >= 0.3 is 0 Å². The summed E-state index contributed by atoms with van der Waals surface area (Å²) in [6, 6.07) is 22.2. The standard InChI is InChI=1S/C23H22N4O2/c1-27-15-24-26-23(27)17-9-13-19(14-10-17)25-18-11-7-16(8-12-18)20-5-4-6-21(28-2)22(20)29-3/h4-15,25H,1-3H3.